The van der Waals surface area contributed by atoms with Crippen LogP contribution in [0.3, 0.4) is 0 Å². The molecule has 0 atom stereocenters. The van der Waals surface area contributed by atoms with Crippen LogP contribution in [0, 0.1) is 0 Å². The topological polar surface area (TPSA) is 67.1 Å². The van der Waals surface area contributed by atoms with Gasteiger partial charge in [0.1, 0.15) is 0 Å². The molecule has 0 unspecified atom stereocenters. The molecule has 0 bridgehead atoms. The number of methoxy groups -OCH3 is 2. The number of carboxylic acids is 1. The Morgan fingerprint density at radius 3 is 2.08 bits per heavy atom. The van der Waals surface area contributed by atoms with Gasteiger partial charge in [0.25, 0.3) is 0 Å². The van der Waals surface area contributed by atoms with Crippen molar-refractivity contribution in [3.8, 4) is 34.1 Å². The molecular weight excluding hydrogens is 320 g/mol. The molecule has 5 heteroatoms. The molecule has 1 N–H and O–H groups in total. The Kier molecular flexibility index (Phi) is 4.66. The highest BCUT2D eigenvalue weighted by molar-refractivity contribution is 5.90. The third kappa shape index (κ3) is 3.45. The van der Waals surface area contributed by atoms with Gasteiger partial charge in [-0.3, -0.25) is 0 Å². The first kappa shape index (κ1) is 16.5. The second-order valence-corrected chi connectivity index (χ2v) is 5.32. The second-order valence-electron chi connectivity index (χ2n) is 5.32. The molecule has 0 saturated carbocycles. The van der Waals surface area contributed by atoms with Gasteiger partial charge in [0.15, 0.2) is 11.5 Å². The van der Waals surface area contributed by atoms with E-state index in [1.54, 1.807) is 32.4 Å². The van der Waals surface area contributed by atoms with Crippen LogP contribution in [0.25, 0.3) is 22.6 Å². The highest BCUT2D eigenvalue weighted by Gasteiger charge is 2.23. The maximum atomic E-state index is 11.5. The van der Waals surface area contributed by atoms with Gasteiger partial charge in [-0.25, -0.2) is 9.21 Å². The van der Waals surface area contributed by atoms with Crippen LogP contribution in [0.1, 0.15) is 10.4 Å². The normalized spacial score (nSPS) is 10.3. The van der Waals surface area contributed by atoms with Gasteiger partial charge in [-0.2, -0.15) is 0 Å². The lowest BCUT2D eigenvalue weighted by atomic mass is 10.1. The van der Waals surface area contributed by atoms with E-state index in [1.807, 2.05) is 30.3 Å². The average molecular weight is 337 g/mol. The maximum absolute atomic E-state index is 11.5. The Morgan fingerprint density at radius 1 is 0.840 bits per heavy atom. The number of carboxylic acid groups (broad SMARTS) is 1. The van der Waals surface area contributed by atoms with E-state index in [-0.39, 0.29) is 5.56 Å². The maximum Gasteiger partial charge on any atom is 0.361 e. The molecule has 1 heterocycles. The molecule has 0 spiro atoms. The number of benzene rings is 2. The Hall–Kier alpha value is -3.34. The Morgan fingerprint density at radius 2 is 1.48 bits per heavy atom. The summed E-state index contributed by atoms with van der Waals surface area (Å²) in [6.45, 7) is 0. The van der Waals surface area contributed by atoms with Crippen LogP contribution in [0.2, 0.25) is 0 Å². The van der Waals surface area contributed by atoms with E-state index in [1.165, 1.54) is 12.1 Å². The summed E-state index contributed by atoms with van der Waals surface area (Å²) < 4.78 is 16.5. The number of aromatic carboxylic acids is 1. The fourth-order valence-electron chi connectivity index (χ4n) is 2.50. The fraction of sp³-hybridized carbons (Fsp3) is 0.100. The van der Waals surface area contributed by atoms with Crippen molar-refractivity contribution in [2.45, 2.75) is 0 Å². The first-order valence-electron chi connectivity index (χ1n) is 7.61. The van der Waals surface area contributed by atoms with E-state index in [0.717, 1.165) is 5.56 Å². The van der Waals surface area contributed by atoms with Gasteiger partial charge >= 0.3 is 17.5 Å². The highest BCUT2D eigenvalue weighted by Crippen LogP contribution is 2.34. The molecule has 0 aliphatic rings. The first-order chi connectivity index (χ1) is 12.1. The van der Waals surface area contributed by atoms with Gasteiger partial charge in [-0.05, 0) is 24.3 Å². The molecule has 3 aromatic rings. The molecule has 3 rings (SSSR count). The van der Waals surface area contributed by atoms with Gasteiger partial charge < -0.3 is 14.6 Å². The van der Waals surface area contributed by atoms with Gasteiger partial charge in [-0.15, -0.1) is 0 Å². The van der Waals surface area contributed by atoms with Gasteiger partial charge in [0, 0.05) is 6.07 Å². The number of carbonyl (C=O) groups is 1. The lowest BCUT2D eigenvalue weighted by Crippen LogP contribution is -1.98. The molecule has 5 nitrogen and oxygen atoms in total. The number of hydrogen-bond acceptors (Lipinski definition) is 3. The van der Waals surface area contributed by atoms with Crippen molar-refractivity contribution in [1.29, 1.82) is 0 Å². The van der Waals surface area contributed by atoms with Crippen LogP contribution in [-0.2, 0) is 0 Å². The standard InChI is InChI=1S/C20H16O5/c1-23-16-9-8-14(10-19(16)24-2)18-12-15(20(21)22)11-17(25-18)13-6-4-3-5-7-13/h3-12H,1-2H3/p+1. The molecule has 0 radical (unpaired) electrons. The molecule has 0 fully saturated rings. The number of rotatable bonds is 5. The zero-order valence-electron chi connectivity index (χ0n) is 13.9. The van der Waals surface area contributed by atoms with Crippen LogP contribution in [0.15, 0.2) is 65.1 Å². The molecule has 1 aromatic heterocycles. The predicted octanol–water partition coefficient (Wildman–Crippen LogP) is 4.61. The van der Waals surface area contributed by atoms with Gasteiger partial charge in [0.2, 0.25) is 0 Å². The molecule has 2 aromatic carbocycles. The Labute approximate surface area is 145 Å². The van der Waals surface area contributed by atoms with E-state index in [0.29, 0.717) is 28.6 Å². The minimum absolute atomic E-state index is 0.148. The Bertz CT molecular complexity index is 903. The lowest BCUT2D eigenvalue weighted by Gasteiger charge is -2.07. The van der Waals surface area contributed by atoms with Crippen molar-refractivity contribution < 1.29 is 23.8 Å². The molecular formula is C20H17O5+. The van der Waals surface area contributed by atoms with E-state index < -0.39 is 5.97 Å². The zero-order chi connectivity index (χ0) is 17.8. The van der Waals surface area contributed by atoms with Crippen LogP contribution in [-0.4, -0.2) is 25.3 Å². The van der Waals surface area contributed by atoms with Crippen LogP contribution >= 0.6 is 0 Å². The van der Waals surface area contributed by atoms with E-state index in [9.17, 15) is 9.90 Å². The summed E-state index contributed by atoms with van der Waals surface area (Å²) in [7, 11) is 3.10. The van der Waals surface area contributed by atoms with Crippen LogP contribution in [0.4, 0.5) is 0 Å². The van der Waals surface area contributed by atoms with E-state index in [4.69, 9.17) is 13.9 Å². The third-order valence-electron chi connectivity index (χ3n) is 3.77. The van der Waals surface area contributed by atoms with E-state index in [2.05, 4.69) is 0 Å². The molecule has 0 amide bonds. The quantitative estimate of drug-likeness (QED) is 0.689. The first-order valence-corrected chi connectivity index (χ1v) is 7.61. The average Bonchev–Trinajstić information content (AvgIpc) is 2.67. The SMILES string of the molecule is COc1ccc(-c2cc(C(=O)O)cc(-c3ccccc3)[o+]2)cc1OC. The largest absolute Gasteiger partial charge is 0.493 e. The molecule has 0 aliphatic heterocycles. The summed E-state index contributed by atoms with van der Waals surface area (Å²) in [6, 6.07) is 17.7. The highest BCUT2D eigenvalue weighted by atomic mass is 16.5. The second kappa shape index (κ2) is 7.05. The summed E-state index contributed by atoms with van der Waals surface area (Å²) in [4.78, 5) is 11.5. The van der Waals surface area contributed by atoms with Crippen molar-refractivity contribution in [2.24, 2.45) is 0 Å². The molecule has 0 aliphatic carbocycles. The van der Waals surface area contributed by atoms with Crippen molar-refractivity contribution in [2.75, 3.05) is 14.2 Å². The fourth-order valence-corrected chi connectivity index (χ4v) is 2.50. The number of hydrogen-bond donors (Lipinski definition) is 1. The van der Waals surface area contributed by atoms with Gasteiger partial charge in [0.05, 0.1) is 43.0 Å². The van der Waals surface area contributed by atoms with Crippen molar-refractivity contribution in [1.82, 2.24) is 0 Å². The third-order valence-corrected chi connectivity index (χ3v) is 3.77. The summed E-state index contributed by atoms with van der Waals surface area (Å²) in [5.41, 5.74) is 1.64. The monoisotopic (exact) mass is 337 g/mol. The minimum Gasteiger partial charge on any atom is -0.493 e. The minimum atomic E-state index is -1.02. The summed E-state index contributed by atoms with van der Waals surface area (Å²) in [5, 5.41) is 9.42. The molecule has 126 valence electrons. The number of ether oxygens (including phenoxy) is 2. The van der Waals surface area contributed by atoms with E-state index >= 15 is 0 Å². The van der Waals surface area contributed by atoms with Crippen molar-refractivity contribution in [3.63, 3.8) is 0 Å². The smallest absolute Gasteiger partial charge is 0.361 e. The van der Waals surface area contributed by atoms with Crippen molar-refractivity contribution >= 4 is 5.97 Å². The lowest BCUT2D eigenvalue weighted by molar-refractivity contribution is 0.0696. The summed E-state index contributed by atoms with van der Waals surface area (Å²) in [6.07, 6.45) is 0. The summed E-state index contributed by atoms with van der Waals surface area (Å²) >= 11 is 0. The molecule has 25 heavy (non-hydrogen) atoms. The Balaban J connectivity index is 2.16. The predicted molar refractivity (Wildman–Crippen MR) is 94.1 cm³/mol. The zero-order valence-corrected chi connectivity index (χ0v) is 13.9. The van der Waals surface area contributed by atoms with Crippen LogP contribution in [0.5, 0.6) is 11.5 Å². The van der Waals surface area contributed by atoms with Gasteiger partial charge in [-0.1, -0.05) is 18.2 Å². The summed E-state index contributed by atoms with van der Waals surface area (Å²) in [5.74, 6) is 1.01. The van der Waals surface area contributed by atoms with Crippen LogP contribution < -0.4 is 9.47 Å². The molecule has 0 saturated heterocycles. The van der Waals surface area contributed by atoms with Crippen molar-refractivity contribution in [3.05, 3.63) is 66.2 Å².